The lowest BCUT2D eigenvalue weighted by molar-refractivity contribution is -0.137. The number of rotatable bonds is 1. The first-order valence-electron chi connectivity index (χ1n) is 6.37. The molecule has 0 bridgehead atoms. The van der Waals surface area contributed by atoms with Gasteiger partial charge in [0.25, 0.3) is 0 Å². The molecule has 1 aromatic carbocycles. The Bertz CT molecular complexity index is 556. The number of hydrogen-bond acceptors (Lipinski definition) is 3. The highest BCUT2D eigenvalue weighted by molar-refractivity contribution is 6.62. The van der Waals surface area contributed by atoms with Crippen molar-refractivity contribution in [3.63, 3.8) is 0 Å². The molecule has 1 aliphatic rings. The van der Waals surface area contributed by atoms with Gasteiger partial charge in [0.15, 0.2) is 0 Å². The largest absolute Gasteiger partial charge is 0.495 e. The Balaban J connectivity index is 2.53. The summed E-state index contributed by atoms with van der Waals surface area (Å²) in [7, 11) is -1.26. The van der Waals surface area contributed by atoms with Crippen molar-refractivity contribution in [1.29, 1.82) is 0 Å². The number of anilines is 1. The molecule has 0 aliphatic carbocycles. The van der Waals surface area contributed by atoms with Gasteiger partial charge in [-0.15, -0.1) is 0 Å². The van der Waals surface area contributed by atoms with Gasteiger partial charge in [-0.05, 0) is 45.3 Å². The summed E-state index contributed by atoms with van der Waals surface area (Å²) < 4.78 is 63.8. The van der Waals surface area contributed by atoms with Crippen LogP contribution in [-0.4, -0.2) is 18.3 Å². The van der Waals surface area contributed by atoms with Crippen LogP contribution >= 0.6 is 0 Å². The minimum absolute atomic E-state index is 0.319. The zero-order valence-electron chi connectivity index (χ0n) is 12.1. The van der Waals surface area contributed by atoms with E-state index in [0.29, 0.717) is 6.07 Å². The van der Waals surface area contributed by atoms with Gasteiger partial charge in [-0.25, -0.2) is 4.39 Å². The smallest absolute Gasteiger partial charge is 0.399 e. The van der Waals surface area contributed by atoms with Crippen LogP contribution in [0.1, 0.15) is 33.3 Å². The van der Waals surface area contributed by atoms with Crippen molar-refractivity contribution in [2.24, 2.45) is 0 Å². The van der Waals surface area contributed by atoms with Crippen LogP contribution in [0.3, 0.4) is 0 Å². The van der Waals surface area contributed by atoms with Gasteiger partial charge in [-0.2, -0.15) is 13.2 Å². The van der Waals surface area contributed by atoms with E-state index in [-0.39, 0.29) is 11.2 Å². The van der Waals surface area contributed by atoms with E-state index in [1.807, 2.05) is 0 Å². The third-order valence-corrected chi connectivity index (χ3v) is 3.98. The average Bonchev–Trinajstić information content (AvgIpc) is 2.50. The molecule has 1 aliphatic heterocycles. The number of halogens is 4. The summed E-state index contributed by atoms with van der Waals surface area (Å²) in [6.07, 6.45) is -4.73. The summed E-state index contributed by atoms with van der Waals surface area (Å²) in [6, 6.07) is 1.29. The Morgan fingerprint density at radius 1 is 1.05 bits per heavy atom. The third-order valence-electron chi connectivity index (χ3n) is 3.98. The monoisotopic (exact) mass is 305 g/mol. The van der Waals surface area contributed by atoms with Crippen molar-refractivity contribution < 1.29 is 26.9 Å². The molecule has 8 heteroatoms. The Morgan fingerprint density at radius 2 is 1.52 bits per heavy atom. The van der Waals surface area contributed by atoms with Crippen LogP contribution in [0.4, 0.5) is 23.2 Å². The lowest BCUT2D eigenvalue weighted by Crippen LogP contribution is -2.41. The normalized spacial score (nSPS) is 20.9. The molecule has 1 aromatic rings. The van der Waals surface area contributed by atoms with Crippen LogP contribution in [0.2, 0.25) is 0 Å². The molecule has 0 radical (unpaired) electrons. The van der Waals surface area contributed by atoms with Crippen LogP contribution in [-0.2, 0) is 15.5 Å². The van der Waals surface area contributed by atoms with Gasteiger partial charge in [0.1, 0.15) is 5.82 Å². The number of nitrogens with two attached hydrogens (primary N) is 1. The molecule has 21 heavy (non-hydrogen) atoms. The summed E-state index contributed by atoms with van der Waals surface area (Å²) in [5, 5.41) is 0. The maximum atomic E-state index is 13.4. The van der Waals surface area contributed by atoms with Crippen LogP contribution in [0.15, 0.2) is 12.1 Å². The predicted molar refractivity (Wildman–Crippen MR) is 71.5 cm³/mol. The standard InChI is InChI=1S/C13H16BF4NO2/c1-11(2)12(3,4)21-14(20-11)8-6-10(19)9(15)5-7(8)13(16,17)18/h5-6H,19H2,1-4H3. The molecular formula is C13H16BF4NO2. The fourth-order valence-electron chi connectivity index (χ4n) is 2.02. The van der Waals surface area contributed by atoms with Crippen molar-refractivity contribution in [2.75, 3.05) is 5.73 Å². The van der Waals surface area contributed by atoms with E-state index in [1.165, 1.54) is 0 Å². The molecule has 0 amide bonds. The van der Waals surface area contributed by atoms with Crippen LogP contribution in [0.25, 0.3) is 0 Å². The van der Waals surface area contributed by atoms with Gasteiger partial charge in [0.2, 0.25) is 0 Å². The van der Waals surface area contributed by atoms with Crippen molar-refractivity contribution in [3.05, 3.63) is 23.5 Å². The topological polar surface area (TPSA) is 44.5 Å². The molecule has 2 rings (SSSR count). The van der Waals surface area contributed by atoms with Crippen LogP contribution < -0.4 is 11.2 Å². The second kappa shape index (κ2) is 4.61. The molecule has 0 spiro atoms. The molecule has 1 fully saturated rings. The van der Waals surface area contributed by atoms with Crippen molar-refractivity contribution >= 4 is 18.3 Å². The number of hydrogen-bond donors (Lipinski definition) is 1. The first-order valence-corrected chi connectivity index (χ1v) is 6.37. The van der Waals surface area contributed by atoms with E-state index in [1.54, 1.807) is 27.7 Å². The van der Waals surface area contributed by atoms with Crippen molar-refractivity contribution in [1.82, 2.24) is 0 Å². The first kappa shape index (κ1) is 16.1. The van der Waals surface area contributed by atoms with E-state index in [0.717, 1.165) is 6.07 Å². The third kappa shape index (κ3) is 2.74. The Hall–Kier alpha value is -1.28. The van der Waals surface area contributed by atoms with Crippen molar-refractivity contribution in [3.8, 4) is 0 Å². The van der Waals surface area contributed by atoms with Gasteiger partial charge in [-0.1, -0.05) is 0 Å². The molecule has 0 aromatic heterocycles. The summed E-state index contributed by atoms with van der Waals surface area (Å²) in [6.45, 7) is 6.86. The fourth-order valence-corrected chi connectivity index (χ4v) is 2.02. The number of nitrogen functional groups attached to an aromatic ring is 1. The van der Waals surface area contributed by atoms with Crippen molar-refractivity contribution in [2.45, 2.75) is 45.1 Å². The molecule has 0 saturated carbocycles. The summed E-state index contributed by atoms with van der Waals surface area (Å²) in [5.41, 5.74) is 1.93. The zero-order valence-corrected chi connectivity index (χ0v) is 12.1. The van der Waals surface area contributed by atoms with Crippen LogP contribution in [0.5, 0.6) is 0 Å². The number of benzene rings is 1. The van der Waals surface area contributed by atoms with Gasteiger partial charge in [0.05, 0.1) is 22.5 Å². The second-order valence-corrected chi connectivity index (χ2v) is 6.05. The van der Waals surface area contributed by atoms with Gasteiger partial charge >= 0.3 is 13.3 Å². The van der Waals surface area contributed by atoms with Crippen LogP contribution in [0, 0.1) is 5.82 Å². The maximum absolute atomic E-state index is 13.4. The number of alkyl halides is 3. The molecule has 0 atom stereocenters. The zero-order chi connectivity index (χ0) is 16.2. The minimum Gasteiger partial charge on any atom is -0.399 e. The highest BCUT2D eigenvalue weighted by Gasteiger charge is 2.53. The van der Waals surface area contributed by atoms with Gasteiger partial charge < -0.3 is 15.0 Å². The van der Waals surface area contributed by atoms with E-state index in [9.17, 15) is 17.6 Å². The lowest BCUT2D eigenvalue weighted by Gasteiger charge is -2.32. The molecule has 1 heterocycles. The molecule has 3 nitrogen and oxygen atoms in total. The molecule has 0 unspecified atom stereocenters. The fraction of sp³-hybridized carbons (Fsp3) is 0.538. The Labute approximate surface area is 120 Å². The van der Waals surface area contributed by atoms with Gasteiger partial charge in [-0.3, -0.25) is 0 Å². The Kier molecular flexibility index (Phi) is 3.53. The first-order chi connectivity index (χ1) is 9.35. The minimum atomic E-state index is -4.73. The van der Waals surface area contributed by atoms with E-state index in [2.05, 4.69) is 0 Å². The quantitative estimate of drug-likeness (QED) is 0.493. The molecule has 2 N–H and O–H groups in total. The Morgan fingerprint density at radius 3 is 1.95 bits per heavy atom. The highest BCUT2D eigenvalue weighted by Crippen LogP contribution is 2.38. The molecular weight excluding hydrogens is 289 g/mol. The summed E-state index contributed by atoms with van der Waals surface area (Å²) in [5.74, 6) is -1.12. The molecule has 116 valence electrons. The van der Waals surface area contributed by atoms with E-state index in [4.69, 9.17) is 15.0 Å². The SMILES string of the molecule is CC1(C)OB(c2cc(N)c(F)cc2C(F)(F)F)OC1(C)C. The highest BCUT2D eigenvalue weighted by atomic mass is 19.4. The predicted octanol–water partition coefficient (Wildman–Crippen LogP) is 2.73. The van der Waals surface area contributed by atoms with Gasteiger partial charge in [0, 0.05) is 0 Å². The average molecular weight is 305 g/mol. The maximum Gasteiger partial charge on any atom is 0.495 e. The molecule has 1 saturated heterocycles. The second-order valence-electron chi connectivity index (χ2n) is 6.05. The van der Waals surface area contributed by atoms with E-state index >= 15 is 0 Å². The summed E-state index contributed by atoms with van der Waals surface area (Å²) >= 11 is 0. The summed E-state index contributed by atoms with van der Waals surface area (Å²) in [4.78, 5) is 0. The lowest BCUT2D eigenvalue weighted by atomic mass is 9.75. The van der Waals surface area contributed by atoms with E-state index < -0.39 is 35.9 Å².